The number of carbonyl (C=O) groups excluding carboxylic acids is 1. The lowest BCUT2D eigenvalue weighted by atomic mass is 10.0. The predicted octanol–water partition coefficient (Wildman–Crippen LogP) is 8.23. The fourth-order valence-electron chi connectivity index (χ4n) is 3.85. The second-order valence-electron chi connectivity index (χ2n) is 8.66. The number of ether oxygens (including phenoxy) is 2. The second kappa shape index (κ2) is 10.9. The van der Waals surface area contributed by atoms with Crippen LogP contribution in [-0.4, -0.2) is 11.1 Å². The van der Waals surface area contributed by atoms with E-state index in [1.54, 1.807) is 54.6 Å². The first-order chi connectivity index (χ1) is 17.9. The largest absolute Gasteiger partial charge is 0.489 e. The molecule has 0 amide bonds. The Morgan fingerprint density at radius 1 is 1.03 bits per heavy atom. The molecule has 0 aliphatic heterocycles. The van der Waals surface area contributed by atoms with Crippen LogP contribution in [0.15, 0.2) is 65.2 Å². The molecule has 186 valence electrons. The zero-order chi connectivity index (χ0) is 25.9. The van der Waals surface area contributed by atoms with Gasteiger partial charge in [0.15, 0.2) is 0 Å². The lowest BCUT2D eigenvalue weighted by molar-refractivity contribution is 0.0690. The zero-order valence-corrected chi connectivity index (χ0v) is 22.0. The van der Waals surface area contributed by atoms with Gasteiger partial charge in [-0.25, -0.2) is 4.79 Å². The molecule has 0 spiro atoms. The Hall–Kier alpha value is -3.43. The van der Waals surface area contributed by atoms with Crippen LogP contribution in [0.4, 0.5) is 0 Å². The van der Waals surface area contributed by atoms with E-state index >= 15 is 0 Å². The first-order valence-corrected chi connectivity index (χ1v) is 12.7. The fraction of sp³-hybridized carbons (Fsp3) is 0.172. The number of benzene rings is 3. The van der Waals surface area contributed by atoms with Gasteiger partial charge in [-0.2, -0.15) is 0 Å². The molecule has 0 atom stereocenters. The summed E-state index contributed by atoms with van der Waals surface area (Å²) in [6.07, 6.45) is 4.49. The Kier molecular flexibility index (Phi) is 7.43. The van der Waals surface area contributed by atoms with Gasteiger partial charge in [0.05, 0.1) is 26.2 Å². The Balaban J connectivity index is 1.31. The summed E-state index contributed by atoms with van der Waals surface area (Å²) in [5.41, 5.74) is 3.88. The van der Waals surface area contributed by atoms with Crippen molar-refractivity contribution in [1.29, 1.82) is 0 Å². The van der Waals surface area contributed by atoms with Crippen molar-refractivity contribution in [2.24, 2.45) is 0 Å². The first kappa shape index (κ1) is 25.2. The summed E-state index contributed by atoms with van der Waals surface area (Å²) in [6.45, 7) is 2.09. The molecule has 8 heteroatoms. The van der Waals surface area contributed by atoms with Gasteiger partial charge in [-0.05, 0) is 62.1 Å². The maximum Gasteiger partial charge on any atom is 0.352 e. The molecule has 5 nitrogen and oxygen atoms in total. The zero-order valence-electron chi connectivity index (χ0n) is 19.7. The third-order valence-electron chi connectivity index (χ3n) is 5.87. The van der Waals surface area contributed by atoms with Crippen LogP contribution in [0.5, 0.6) is 5.75 Å². The predicted molar refractivity (Wildman–Crippen MR) is 143 cm³/mol. The molecule has 37 heavy (non-hydrogen) atoms. The van der Waals surface area contributed by atoms with Crippen LogP contribution in [0, 0.1) is 19.0 Å². The van der Waals surface area contributed by atoms with Crippen LogP contribution in [-0.2, 0) is 11.3 Å². The van der Waals surface area contributed by atoms with Crippen molar-refractivity contribution in [3.8, 4) is 29.0 Å². The smallest absolute Gasteiger partial charge is 0.352 e. The minimum Gasteiger partial charge on any atom is -0.489 e. The molecule has 1 aliphatic carbocycles. The van der Waals surface area contributed by atoms with Crippen molar-refractivity contribution < 1.29 is 18.8 Å². The highest BCUT2D eigenvalue weighted by Crippen LogP contribution is 2.46. The summed E-state index contributed by atoms with van der Waals surface area (Å²) in [4.78, 5) is 12.2. The van der Waals surface area contributed by atoms with Crippen molar-refractivity contribution in [2.75, 3.05) is 0 Å². The number of nitrogens with zero attached hydrogens (tertiary/aromatic N) is 1. The number of hydrogen-bond acceptors (Lipinski definition) is 5. The van der Waals surface area contributed by atoms with Gasteiger partial charge in [0, 0.05) is 23.1 Å². The van der Waals surface area contributed by atoms with E-state index in [0.29, 0.717) is 49.1 Å². The number of aryl methyl sites for hydroxylation is 1. The van der Waals surface area contributed by atoms with Crippen LogP contribution in [0.25, 0.3) is 11.3 Å². The molecule has 0 unspecified atom stereocenters. The quantitative estimate of drug-likeness (QED) is 0.178. The van der Waals surface area contributed by atoms with Gasteiger partial charge in [0.2, 0.25) is 0 Å². The number of hydrogen-bond donors (Lipinski definition) is 0. The molecular weight excluding hydrogens is 533 g/mol. The molecular formula is C29H20Cl3NO4. The average Bonchev–Trinajstić information content (AvgIpc) is 3.64. The van der Waals surface area contributed by atoms with Gasteiger partial charge < -0.3 is 14.0 Å². The number of halogens is 3. The molecule has 0 N–H and O–H groups in total. The monoisotopic (exact) mass is 551 g/mol. The molecule has 5 rings (SSSR count). The fourth-order valence-corrected chi connectivity index (χ4v) is 4.64. The molecule has 0 saturated heterocycles. The van der Waals surface area contributed by atoms with Gasteiger partial charge in [-0.15, -0.1) is 0 Å². The van der Waals surface area contributed by atoms with E-state index in [4.69, 9.17) is 48.8 Å². The summed E-state index contributed by atoms with van der Waals surface area (Å²) in [5.74, 6) is 3.87. The van der Waals surface area contributed by atoms with Crippen molar-refractivity contribution in [3.63, 3.8) is 0 Å². The highest BCUT2D eigenvalue weighted by Gasteiger charge is 2.33. The van der Waals surface area contributed by atoms with E-state index < -0.39 is 5.97 Å². The molecule has 1 heterocycles. The van der Waals surface area contributed by atoms with Crippen LogP contribution in [0.2, 0.25) is 15.1 Å². The number of esters is 1. The molecule has 0 radical (unpaired) electrons. The molecule has 1 saturated carbocycles. The highest BCUT2D eigenvalue weighted by molar-refractivity contribution is 6.39. The molecule has 1 fully saturated rings. The summed E-state index contributed by atoms with van der Waals surface area (Å²) in [6, 6.07) is 17.5. The lowest BCUT2D eigenvalue weighted by Gasteiger charge is -2.10. The van der Waals surface area contributed by atoms with Gasteiger partial charge in [0.25, 0.3) is 0 Å². The lowest BCUT2D eigenvalue weighted by Crippen LogP contribution is -2.01. The Labute approximate surface area is 229 Å². The van der Waals surface area contributed by atoms with Crippen molar-refractivity contribution in [2.45, 2.75) is 32.3 Å². The minimum absolute atomic E-state index is 0.196. The summed E-state index contributed by atoms with van der Waals surface area (Å²) >= 11 is 19.3. The van der Waals surface area contributed by atoms with E-state index in [-0.39, 0.29) is 6.61 Å². The van der Waals surface area contributed by atoms with Crippen LogP contribution < -0.4 is 4.74 Å². The number of carbonyl (C=O) groups is 1. The van der Waals surface area contributed by atoms with E-state index in [0.717, 1.165) is 29.7 Å². The second-order valence-corrected chi connectivity index (χ2v) is 9.88. The maximum absolute atomic E-state index is 12.2. The van der Waals surface area contributed by atoms with Crippen LogP contribution >= 0.6 is 34.8 Å². The number of aromatic nitrogens is 1. The minimum atomic E-state index is -0.526. The summed E-state index contributed by atoms with van der Waals surface area (Å²) in [7, 11) is 0. The molecule has 0 bridgehead atoms. The van der Waals surface area contributed by atoms with Gasteiger partial charge in [-0.1, -0.05) is 63.7 Å². The first-order valence-electron chi connectivity index (χ1n) is 11.5. The number of rotatable bonds is 6. The van der Waals surface area contributed by atoms with Gasteiger partial charge in [0.1, 0.15) is 29.9 Å². The van der Waals surface area contributed by atoms with E-state index in [9.17, 15) is 4.79 Å². The molecule has 1 aliphatic rings. The normalized spacial score (nSPS) is 12.5. The SMILES string of the molecule is Cc1cccc(C(=O)OC#Cc2ccc(OCc3c(-c4c(Cl)cccc4Cl)noc3C3CC3)cc2Cl)c1. The molecule has 1 aromatic heterocycles. The third-order valence-corrected chi connectivity index (χ3v) is 6.82. The van der Waals surface area contributed by atoms with E-state index in [1.165, 1.54) is 0 Å². The average molecular weight is 553 g/mol. The highest BCUT2D eigenvalue weighted by atomic mass is 35.5. The Morgan fingerprint density at radius 3 is 2.49 bits per heavy atom. The Morgan fingerprint density at radius 2 is 1.78 bits per heavy atom. The Bertz CT molecular complexity index is 1530. The summed E-state index contributed by atoms with van der Waals surface area (Å²) in [5, 5.41) is 5.61. The van der Waals surface area contributed by atoms with Crippen molar-refractivity contribution in [3.05, 3.63) is 104 Å². The van der Waals surface area contributed by atoms with Crippen LogP contribution in [0.1, 0.15) is 51.6 Å². The van der Waals surface area contributed by atoms with Gasteiger partial charge in [-0.3, -0.25) is 0 Å². The van der Waals surface area contributed by atoms with E-state index in [1.807, 2.05) is 13.0 Å². The van der Waals surface area contributed by atoms with Crippen molar-refractivity contribution in [1.82, 2.24) is 5.16 Å². The standard InChI is InChI=1S/C29H20Cl3NO4/c1-17-4-2-5-20(14-17)29(34)35-13-12-18-10-11-21(15-25(18)32)36-16-22-27(33-37-28(22)19-8-9-19)26-23(30)6-3-7-24(26)31/h2-7,10-11,14-15,19H,8-9,16H2,1H3. The topological polar surface area (TPSA) is 61.6 Å². The van der Waals surface area contributed by atoms with Crippen LogP contribution in [0.3, 0.4) is 0 Å². The van der Waals surface area contributed by atoms with Crippen molar-refractivity contribution >= 4 is 40.8 Å². The van der Waals surface area contributed by atoms with E-state index in [2.05, 4.69) is 17.2 Å². The molecule has 3 aromatic carbocycles. The summed E-state index contributed by atoms with van der Waals surface area (Å²) < 4.78 is 16.8. The third kappa shape index (κ3) is 5.78. The maximum atomic E-state index is 12.2. The molecule has 4 aromatic rings. The van der Waals surface area contributed by atoms with Gasteiger partial charge >= 0.3 is 5.97 Å².